The van der Waals surface area contributed by atoms with Crippen molar-refractivity contribution < 1.29 is 14.0 Å². The molecule has 0 spiro atoms. The van der Waals surface area contributed by atoms with Crippen LogP contribution in [0.2, 0.25) is 0 Å². The van der Waals surface area contributed by atoms with Crippen LogP contribution in [0.4, 0.5) is 0 Å². The van der Waals surface area contributed by atoms with Gasteiger partial charge in [0.15, 0.2) is 0 Å². The Balaban J connectivity index is 1.58. The number of piperidine rings is 1. The van der Waals surface area contributed by atoms with Crippen LogP contribution < -0.4 is 5.32 Å². The molecule has 2 aromatic rings. The van der Waals surface area contributed by atoms with Crippen molar-refractivity contribution in [2.45, 2.75) is 39.7 Å². The maximum Gasteiger partial charge on any atom is 0.257 e. The Hall–Kier alpha value is -2.56. The fourth-order valence-electron chi connectivity index (χ4n) is 3.35. The van der Waals surface area contributed by atoms with Gasteiger partial charge in [-0.1, -0.05) is 18.2 Å². The number of likely N-dealkylation sites (tertiary alicyclic amines) is 1. The SMILES string of the molecule is Cc1oc(C)c(C(=O)N2CCC(NC(=O)c3ccccc3)CC2)c1C. The highest BCUT2D eigenvalue weighted by molar-refractivity contribution is 5.97. The van der Waals surface area contributed by atoms with Crippen molar-refractivity contribution in [2.24, 2.45) is 0 Å². The van der Waals surface area contributed by atoms with Crippen LogP contribution in [0.3, 0.4) is 0 Å². The normalized spacial score (nSPS) is 15.2. The molecule has 132 valence electrons. The van der Waals surface area contributed by atoms with Crippen molar-refractivity contribution in [2.75, 3.05) is 13.1 Å². The van der Waals surface area contributed by atoms with Gasteiger partial charge in [-0.25, -0.2) is 0 Å². The summed E-state index contributed by atoms with van der Waals surface area (Å²) in [5.74, 6) is 1.45. The van der Waals surface area contributed by atoms with E-state index in [0.29, 0.717) is 30.0 Å². The maximum absolute atomic E-state index is 12.8. The molecule has 1 aliphatic heterocycles. The molecule has 5 heteroatoms. The van der Waals surface area contributed by atoms with Gasteiger partial charge in [-0.2, -0.15) is 0 Å². The Morgan fingerprint density at radius 3 is 2.24 bits per heavy atom. The quantitative estimate of drug-likeness (QED) is 0.933. The number of rotatable bonds is 3. The predicted octanol–water partition coefficient (Wildman–Crippen LogP) is 3.24. The molecular formula is C20H24N2O3. The van der Waals surface area contributed by atoms with Crippen molar-refractivity contribution in [1.29, 1.82) is 0 Å². The van der Waals surface area contributed by atoms with Crippen LogP contribution >= 0.6 is 0 Å². The summed E-state index contributed by atoms with van der Waals surface area (Å²) in [4.78, 5) is 26.9. The zero-order valence-corrected chi connectivity index (χ0v) is 15.0. The van der Waals surface area contributed by atoms with Crippen LogP contribution in [0.1, 0.15) is 50.6 Å². The number of amides is 2. The summed E-state index contributed by atoms with van der Waals surface area (Å²) >= 11 is 0. The standard InChI is InChI=1S/C20H24N2O3/c1-13-14(2)25-15(3)18(13)20(24)22-11-9-17(10-12-22)21-19(23)16-7-5-4-6-8-16/h4-8,17H,9-12H2,1-3H3,(H,21,23). The van der Waals surface area contributed by atoms with E-state index in [1.54, 1.807) is 12.1 Å². The number of furan rings is 1. The van der Waals surface area contributed by atoms with Gasteiger partial charge >= 0.3 is 0 Å². The third-order valence-electron chi connectivity index (χ3n) is 4.93. The average molecular weight is 340 g/mol. The minimum absolute atomic E-state index is 0.0275. The molecule has 0 atom stereocenters. The molecule has 0 aliphatic carbocycles. The lowest BCUT2D eigenvalue weighted by atomic mass is 10.0. The molecule has 25 heavy (non-hydrogen) atoms. The van der Waals surface area contributed by atoms with Gasteiger partial charge in [-0.05, 0) is 45.7 Å². The van der Waals surface area contributed by atoms with E-state index >= 15 is 0 Å². The lowest BCUT2D eigenvalue weighted by molar-refractivity contribution is 0.0696. The number of aryl methyl sites for hydroxylation is 2. The first-order chi connectivity index (χ1) is 12.0. The zero-order valence-electron chi connectivity index (χ0n) is 15.0. The van der Waals surface area contributed by atoms with Crippen molar-refractivity contribution in [3.8, 4) is 0 Å². The van der Waals surface area contributed by atoms with Crippen LogP contribution in [-0.2, 0) is 0 Å². The third kappa shape index (κ3) is 3.60. The molecule has 0 unspecified atom stereocenters. The summed E-state index contributed by atoms with van der Waals surface area (Å²) in [7, 11) is 0. The average Bonchev–Trinajstić information content (AvgIpc) is 2.88. The summed E-state index contributed by atoms with van der Waals surface area (Å²) < 4.78 is 5.58. The molecular weight excluding hydrogens is 316 g/mol. The summed E-state index contributed by atoms with van der Waals surface area (Å²) in [6.07, 6.45) is 1.53. The van der Waals surface area contributed by atoms with Gasteiger partial charge in [0, 0.05) is 30.3 Å². The summed E-state index contributed by atoms with van der Waals surface area (Å²) in [6.45, 7) is 6.92. The number of hydrogen-bond donors (Lipinski definition) is 1. The van der Waals surface area contributed by atoms with E-state index < -0.39 is 0 Å². The molecule has 1 aromatic heterocycles. The summed E-state index contributed by atoms with van der Waals surface area (Å²) in [5, 5.41) is 3.07. The molecule has 0 radical (unpaired) electrons. The summed E-state index contributed by atoms with van der Waals surface area (Å²) in [5.41, 5.74) is 2.27. The van der Waals surface area contributed by atoms with Crippen molar-refractivity contribution in [3.63, 3.8) is 0 Å². The first-order valence-electron chi connectivity index (χ1n) is 8.69. The molecule has 0 saturated carbocycles. The van der Waals surface area contributed by atoms with Gasteiger partial charge in [0.1, 0.15) is 11.5 Å². The molecule has 5 nitrogen and oxygen atoms in total. The highest BCUT2D eigenvalue weighted by atomic mass is 16.3. The van der Waals surface area contributed by atoms with Gasteiger partial charge in [-0.15, -0.1) is 0 Å². The molecule has 2 heterocycles. The van der Waals surface area contributed by atoms with E-state index in [-0.39, 0.29) is 17.9 Å². The highest BCUT2D eigenvalue weighted by Crippen LogP contribution is 2.24. The Morgan fingerprint density at radius 2 is 1.68 bits per heavy atom. The van der Waals surface area contributed by atoms with Crippen molar-refractivity contribution in [3.05, 3.63) is 58.5 Å². The second kappa shape index (κ2) is 7.13. The predicted molar refractivity (Wildman–Crippen MR) is 95.8 cm³/mol. The molecule has 3 rings (SSSR count). The van der Waals surface area contributed by atoms with E-state index in [1.165, 1.54) is 0 Å². The van der Waals surface area contributed by atoms with Crippen LogP contribution in [-0.4, -0.2) is 35.8 Å². The Kier molecular flexibility index (Phi) is 4.93. The summed E-state index contributed by atoms with van der Waals surface area (Å²) in [6, 6.07) is 9.32. The largest absolute Gasteiger partial charge is 0.466 e. The lowest BCUT2D eigenvalue weighted by Gasteiger charge is -2.32. The fourth-order valence-corrected chi connectivity index (χ4v) is 3.35. The van der Waals surface area contributed by atoms with Gasteiger partial charge in [0.05, 0.1) is 5.56 Å². The molecule has 1 fully saturated rings. The first-order valence-corrected chi connectivity index (χ1v) is 8.69. The molecule has 1 N–H and O–H groups in total. The van der Waals surface area contributed by atoms with E-state index in [0.717, 1.165) is 24.2 Å². The molecule has 1 aliphatic rings. The maximum atomic E-state index is 12.8. The van der Waals surface area contributed by atoms with Crippen LogP contribution in [0.5, 0.6) is 0 Å². The van der Waals surface area contributed by atoms with E-state index in [9.17, 15) is 9.59 Å². The first kappa shape index (κ1) is 17.3. The minimum atomic E-state index is -0.0532. The van der Waals surface area contributed by atoms with E-state index in [4.69, 9.17) is 4.42 Å². The number of benzene rings is 1. The van der Waals surface area contributed by atoms with Crippen LogP contribution in [0.25, 0.3) is 0 Å². The number of carbonyl (C=O) groups excluding carboxylic acids is 2. The second-order valence-electron chi connectivity index (χ2n) is 6.62. The second-order valence-corrected chi connectivity index (χ2v) is 6.62. The fraction of sp³-hybridized carbons (Fsp3) is 0.400. The number of nitrogens with zero attached hydrogens (tertiary/aromatic N) is 1. The Bertz CT molecular complexity index is 772. The number of hydrogen-bond acceptors (Lipinski definition) is 3. The van der Waals surface area contributed by atoms with Gasteiger partial charge < -0.3 is 14.6 Å². The topological polar surface area (TPSA) is 62.6 Å². The van der Waals surface area contributed by atoms with E-state index in [1.807, 2.05) is 43.9 Å². The lowest BCUT2D eigenvalue weighted by Crippen LogP contribution is -2.46. The monoisotopic (exact) mass is 340 g/mol. The Morgan fingerprint density at radius 1 is 1.04 bits per heavy atom. The van der Waals surface area contributed by atoms with Gasteiger partial charge in [0.2, 0.25) is 0 Å². The minimum Gasteiger partial charge on any atom is -0.466 e. The van der Waals surface area contributed by atoms with Gasteiger partial charge in [-0.3, -0.25) is 9.59 Å². The number of nitrogens with one attached hydrogen (secondary N) is 1. The van der Waals surface area contributed by atoms with Crippen molar-refractivity contribution >= 4 is 11.8 Å². The highest BCUT2D eigenvalue weighted by Gasteiger charge is 2.28. The third-order valence-corrected chi connectivity index (χ3v) is 4.93. The molecule has 0 bridgehead atoms. The molecule has 1 saturated heterocycles. The Labute approximate surface area is 148 Å². The van der Waals surface area contributed by atoms with Crippen LogP contribution in [0, 0.1) is 20.8 Å². The molecule has 2 amide bonds. The smallest absolute Gasteiger partial charge is 0.257 e. The molecule has 1 aromatic carbocycles. The van der Waals surface area contributed by atoms with Gasteiger partial charge in [0.25, 0.3) is 11.8 Å². The van der Waals surface area contributed by atoms with E-state index in [2.05, 4.69) is 5.32 Å². The van der Waals surface area contributed by atoms with Crippen LogP contribution in [0.15, 0.2) is 34.7 Å². The number of carbonyl (C=O) groups is 2. The van der Waals surface area contributed by atoms with Crippen molar-refractivity contribution in [1.82, 2.24) is 10.2 Å². The zero-order chi connectivity index (χ0) is 18.0.